The molecule has 0 aliphatic heterocycles. The third-order valence-corrected chi connectivity index (χ3v) is 4.08. The molecule has 2 fully saturated rings. The van der Waals surface area contributed by atoms with E-state index >= 15 is 0 Å². The van der Waals surface area contributed by atoms with Gasteiger partial charge in [-0.25, -0.2) is 17.6 Å². The molecule has 2 aliphatic rings. The van der Waals surface area contributed by atoms with E-state index in [0.717, 1.165) is 12.8 Å². The van der Waals surface area contributed by atoms with Crippen LogP contribution in [0.3, 0.4) is 0 Å². The Morgan fingerprint density at radius 1 is 0.688 bits per heavy atom. The van der Waals surface area contributed by atoms with E-state index in [-0.39, 0.29) is 24.7 Å². The van der Waals surface area contributed by atoms with Crippen LogP contribution < -0.4 is 0 Å². The highest BCUT2D eigenvalue weighted by molar-refractivity contribution is 4.92. The van der Waals surface area contributed by atoms with Gasteiger partial charge in [0.25, 0.3) is 0 Å². The molecule has 0 aromatic heterocycles. The van der Waals surface area contributed by atoms with E-state index in [0.29, 0.717) is 12.8 Å². The first-order valence-electron chi connectivity index (χ1n) is 6.16. The Morgan fingerprint density at radius 3 is 1.81 bits per heavy atom. The summed E-state index contributed by atoms with van der Waals surface area (Å²) >= 11 is 0. The molecule has 2 saturated carbocycles. The number of hydrogen-bond donors (Lipinski definition) is 0. The van der Waals surface area contributed by atoms with E-state index < -0.39 is 24.7 Å². The molecule has 0 aromatic carbocycles. The lowest BCUT2D eigenvalue weighted by molar-refractivity contribution is -0.0178. The highest BCUT2D eigenvalue weighted by Gasteiger charge is 2.43. The lowest BCUT2D eigenvalue weighted by atomic mass is 9.71. The Labute approximate surface area is 93.4 Å². The highest BCUT2D eigenvalue weighted by Crippen LogP contribution is 2.42. The van der Waals surface area contributed by atoms with Crippen LogP contribution in [0.1, 0.15) is 38.5 Å². The summed E-state index contributed by atoms with van der Waals surface area (Å²) in [6.07, 6.45) is -3.49. The second kappa shape index (κ2) is 4.92. The van der Waals surface area contributed by atoms with Gasteiger partial charge in [0.2, 0.25) is 0 Å². The van der Waals surface area contributed by atoms with Crippen LogP contribution in [0.4, 0.5) is 17.6 Å². The standard InChI is InChI=1S/C12H18F4/c13-9-4-2-1-3-8(9)7-5-10(14)12(16)11(15)6-7/h7-12H,1-6H2/t7?,8-,9?,10?,11?,12?/m1/s1. The molecular formula is C12H18F4. The average molecular weight is 238 g/mol. The number of rotatable bonds is 1. The Balaban J connectivity index is 1.98. The SMILES string of the molecule is FC1CC([C@H]2CCCCC2F)CC(F)C1F. The minimum absolute atomic E-state index is 0.00727. The predicted octanol–water partition coefficient (Wildman–Crippen LogP) is 3.94. The van der Waals surface area contributed by atoms with Gasteiger partial charge in [-0.2, -0.15) is 0 Å². The molecule has 0 amide bonds. The summed E-state index contributed by atoms with van der Waals surface area (Å²) in [5, 5.41) is 0. The van der Waals surface area contributed by atoms with Crippen molar-refractivity contribution in [3.05, 3.63) is 0 Å². The van der Waals surface area contributed by atoms with Crippen molar-refractivity contribution in [3.8, 4) is 0 Å². The van der Waals surface area contributed by atoms with Gasteiger partial charge in [-0.05, 0) is 37.5 Å². The van der Waals surface area contributed by atoms with Gasteiger partial charge in [0.15, 0.2) is 6.17 Å². The van der Waals surface area contributed by atoms with Crippen molar-refractivity contribution in [2.45, 2.75) is 63.2 Å². The van der Waals surface area contributed by atoms with Crippen molar-refractivity contribution in [1.82, 2.24) is 0 Å². The third kappa shape index (κ3) is 2.35. The minimum Gasteiger partial charge on any atom is -0.247 e. The maximum absolute atomic E-state index is 13.6. The topological polar surface area (TPSA) is 0 Å². The Bertz CT molecular complexity index is 221. The summed E-state index contributed by atoms with van der Waals surface area (Å²) in [7, 11) is 0. The molecule has 0 heterocycles. The van der Waals surface area contributed by atoms with Crippen LogP contribution in [-0.2, 0) is 0 Å². The second-order valence-electron chi connectivity index (χ2n) is 5.17. The molecule has 0 N–H and O–H groups in total. The zero-order valence-corrected chi connectivity index (χ0v) is 9.22. The van der Waals surface area contributed by atoms with Gasteiger partial charge in [-0.15, -0.1) is 0 Å². The van der Waals surface area contributed by atoms with E-state index in [1.54, 1.807) is 0 Å². The van der Waals surface area contributed by atoms with Crippen LogP contribution in [0.15, 0.2) is 0 Å². The summed E-state index contributed by atoms with van der Waals surface area (Å²) in [4.78, 5) is 0. The van der Waals surface area contributed by atoms with Crippen LogP contribution in [0, 0.1) is 11.8 Å². The molecule has 2 aliphatic carbocycles. The molecule has 0 spiro atoms. The average Bonchev–Trinajstić information content (AvgIpc) is 2.26. The van der Waals surface area contributed by atoms with Crippen LogP contribution >= 0.6 is 0 Å². The normalized spacial score (nSPS) is 50.2. The van der Waals surface area contributed by atoms with Crippen molar-refractivity contribution >= 4 is 0 Å². The third-order valence-electron chi connectivity index (χ3n) is 4.08. The molecular weight excluding hydrogens is 220 g/mol. The summed E-state index contributed by atoms with van der Waals surface area (Å²) in [5.74, 6) is -0.565. The van der Waals surface area contributed by atoms with Crippen molar-refractivity contribution in [2.24, 2.45) is 11.8 Å². The van der Waals surface area contributed by atoms with Gasteiger partial charge in [0.05, 0.1) is 0 Å². The fourth-order valence-electron chi connectivity index (χ4n) is 3.16. The molecule has 4 atom stereocenters. The molecule has 2 rings (SSSR count). The molecule has 0 aromatic rings. The molecule has 0 nitrogen and oxygen atoms in total. The lowest BCUT2D eigenvalue weighted by Gasteiger charge is -2.38. The first-order chi connectivity index (χ1) is 7.59. The molecule has 4 heteroatoms. The van der Waals surface area contributed by atoms with Crippen molar-refractivity contribution in [3.63, 3.8) is 0 Å². The summed E-state index contributed by atoms with van der Waals surface area (Å²) < 4.78 is 53.1. The van der Waals surface area contributed by atoms with E-state index in [1.807, 2.05) is 0 Å². The molecule has 16 heavy (non-hydrogen) atoms. The van der Waals surface area contributed by atoms with E-state index in [1.165, 1.54) is 0 Å². The van der Waals surface area contributed by atoms with Gasteiger partial charge in [-0.1, -0.05) is 12.8 Å². The Morgan fingerprint density at radius 2 is 1.25 bits per heavy atom. The zero-order chi connectivity index (χ0) is 11.7. The molecule has 0 radical (unpaired) electrons. The summed E-state index contributed by atoms with van der Waals surface area (Å²) in [5.41, 5.74) is 0. The summed E-state index contributed by atoms with van der Waals surface area (Å²) in [6.45, 7) is 0. The van der Waals surface area contributed by atoms with Crippen LogP contribution in [-0.4, -0.2) is 24.7 Å². The first kappa shape index (κ1) is 12.2. The van der Waals surface area contributed by atoms with Crippen LogP contribution in [0.2, 0.25) is 0 Å². The van der Waals surface area contributed by atoms with Gasteiger partial charge < -0.3 is 0 Å². The van der Waals surface area contributed by atoms with E-state index in [4.69, 9.17) is 0 Å². The molecule has 3 unspecified atom stereocenters. The number of halogens is 4. The zero-order valence-electron chi connectivity index (χ0n) is 9.22. The fraction of sp³-hybridized carbons (Fsp3) is 1.00. The maximum Gasteiger partial charge on any atom is 0.162 e. The quantitative estimate of drug-likeness (QED) is 0.607. The smallest absolute Gasteiger partial charge is 0.162 e. The second-order valence-corrected chi connectivity index (χ2v) is 5.17. The minimum atomic E-state index is -2.00. The Hall–Kier alpha value is -0.280. The van der Waals surface area contributed by atoms with Crippen molar-refractivity contribution in [1.29, 1.82) is 0 Å². The van der Waals surface area contributed by atoms with Gasteiger partial charge in [-0.3, -0.25) is 0 Å². The van der Waals surface area contributed by atoms with Crippen molar-refractivity contribution in [2.75, 3.05) is 0 Å². The largest absolute Gasteiger partial charge is 0.247 e. The monoisotopic (exact) mass is 238 g/mol. The summed E-state index contributed by atoms with van der Waals surface area (Å²) in [6, 6.07) is 0. The van der Waals surface area contributed by atoms with Crippen molar-refractivity contribution < 1.29 is 17.6 Å². The fourth-order valence-corrected chi connectivity index (χ4v) is 3.16. The highest BCUT2D eigenvalue weighted by atomic mass is 19.2. The Kier molecular flexibility index (Phi) is 3.75. The molecule has 0 bridgehead atoms. The van der Waals surface area contributed by atoms with Gasteiger partial charge in [0.1, 0.15) is 18.5 Å². The number of hydrogen-bond acceptors (Lipinski definition) is 0. The maximum atomic E-state index is 13.6. The number of alkyl halides is 4. The molecule has 0 saturated heterocycles. The predicted molar refractivity (Wildman–Crippen MR) is 54.3 cm³/mol. The van der Waals surface area contributed by atoms with Crippen LogP contribution in [0.25, 0.3) is 0 Å². The van der Waals surface area contributed by atoms with Gasteiger partial charge >= 0.3 is 0 Å². The lowest BCUT2D eigenvalue weighted by Crippen LogP contribution is -2.42. The first-order valence-corrected chi connectivity index (χ1v) is 6.16. The van der Waals surface area contributed by atoms with Crippen LogP contribution in [0.5, 0.6) is 0 Å². The van der Waals surface area contributed by atoms with Gasteiger partial charge in [0, 0.05) is 0 Å². The molecule has 94 valence electrons. The van der Waals surface area contributed by atoms with E-state index in [2.05, 4.69) is 0 Å². The van der Waals surface area contributed by atoms with E-state index in [9.17, 15) is 17.6 Å².